The van der Waals surface area contributed by atoms with Gasteiger partial charge in [0.1, 0.15) is 4.83 Å². The summed E-state index contributed by atoms with van der Waals surface area (Å²) in [5, 5.41) is 9.77. The minimum Gasteiger partial charge on any atom is -0.309 e. The molecule has 0 aliphatic carbocycles. The Labute approximate surface area is 305 Å². The maximum atomic E-state index is 5.57. The van der Waals surface area contributed by atoms with Crippen molar-refractivity contribution in [3.8, 4) is 22.9 Å². The second kappa shape index (κ2) is 10.6. The number of para-hydroxylation sites is 3. The van der Waals surface area contributed by atoms with E-state index in [-0.39, 0.29) is 0 Å². The van der Waals surface area contributed by atoms with Gasteiger partial charge in [-0.1, -0.05) is 103 Å². The Hall–Kier alpha value is -6.34. The standard InChI is InChI=1S/C46H26N4S2/c1-2-12-28(13-3-1)49-35-18-8-4-14-29(35)34-26-27(22-24-37(34)49)43-42-33-17-7-11-21-40(33)52-45(42)48-46(47-43)50-36-19-9-5-16-32(36)41-38(50)25-23-31-30-15-6-10-20-39(30)51-44(31)41/h1-26H. The van der Waals surface area contributed by atoms with Crippen LogP contribution in [-0.2, 0) is 0 Å². The summed E-state index contributed by atoms with van der Waals surface area (Å²) in [6.07, 6.45) is 0. The maximum Gasteiger partial charge on any atom is 0.236 e. The highest BCUT2D eigenvalue weighted by Crippen LogP contribution is 2.45. The topological polar surface area (TPSA) is 35.6 Å². The Balaban J connectivity index is 1.18. The van der Waals surface area contributed by atoms with Gasteiger partial charge in [0.05, 0.1) is 27.8 Å². The van der Waals surface area contributed by atoms with E-state index in [0.717, 1.165) is 38.2 Å². The van der Waals surface area contributed by atoms with Crippen LogP contribution in [0.15, 0.2) is 158 Å². The normalized spacial score (nSPS) is 12.2. The van der Waals surface area contributed by atoms with Gasteiger partial charge >= 0.3 is 0 Å². The van der Waals surface area contributed by atoms with Crippen molar-refractivity contribution in [3.05, 3.63) is 158 Å². The molecule has 0 N–H and O–H groups in total. The third-order valence-corrected chi connectivity index (χ3v) is 12.8. The summed E-state index contributed by atoms with van der Waals surface area (Å²) in [6.45, 7) is 0. The molecule has 0 radical (unpaired) electrons. The van der Waals surface area contributed by atoms with E-state index in [1.807, 2.05) is 11.3 Å². The van der Waals surface area contributed by atoms with Crippen LogP contribution >= 0.6 is 22.7 Å². The molecule has 0 spiro atoms. The van der Waals surface area contributed by atoms with E-state index in [1.165, 1.54) is 62.8 Å². The average molecular weight is 699 g/mol. The Bertz CT molecular complexity index is 3420. The molecule has 0 saturated carbocycles. The van der Waals surface area contributed by atoms with Gasteiger partial charge in [0, 0.05) is 68.4 Å². The highest BCUT2D eigenvalue weighted by atomic mass is 32.1. The molecule has 0 amide bonds. The molecular weight excluding hydrogens is 673 g/mol. The lowest BCUT2D eigenvalue weighted by atomic mass is 10.0. The maximum absolute atomic E-state index is 5.57. The van der Waals surface area contributed by atoms with Crippen molar-refractivity contribution in [3.63, 3.8) is 0 Å². The zero-order valence-corrected chi connectivity index (χ0v) is 29.2. The Kier molecular flexibility index (Phi) is 5.78. The molecule has 5 heterocycles. The largest absolute Gasteiger partial charge is 0.309 e. The van der Waals surface area contributed by atoms with E-state index in [2.05, 4.69) is 167 Å². The number of hydrogen-bond donors (Lipinski definition) is 0. The van der Waals surface area contributed by atoms with E-state index in [0.29, 0.717) is 5.95 Å². The summed E-state index contributed by atoms with van der Waals surface area (Å²) in [5.74, 6) is 0.688. The Morgan fingerprint density at radius 3 is 1.87 bits per heavy atom. The monoisotopic (exact) mass is 698 g/mol. The van der Waals surface area contributed by atoms with Crippen LogP contribution in [0.4, 0.5) is 0 Å². The van der Waals surface area contributed by atoms with Gasteiger partial charge in [0.25, 0.3) is 0 Å². The fourth-order valence-corrected chi connectivity index (χ4v) is 10.7. The highest BCUT2D eigenvalue weighted by molar-refractivity contribution is 7.27. The molecule has 12 rings (SSSR count). The molecule has 4 nitrogen and oxygen atoms in total. The lowest BCUT2D eigenvalue weighted by Crippen LogP contribution is -2.02. The van der Waals surface area contributed by atoms with Crippen molar-refractivity contribution in [2.75, 3.05) is 0 Å². The zero-order chi connectivity index (χ0) is 33.9. The van der Waals surface area contributed by atoms with Gasteiger partial charge in [-0.25, -0.2) is 9.97 Å². The van der Waals surface area contributed by atoms with Gasteiger partial charge in [-0.2, -0.15) is 0 Å². The molecule has 0 unspecified atom stereocenters. The van der Waals surface area contributed by atoms with Gasteiger partial charge in [-0.15, -0.1) is 22.7 Å². The van der Waals surface area contributed by atoms with Crippen molar-refractivity contribution < 1.29 is 0 Å². The number of rotatable bonds is 3. The van der Waals surface area contributed by atoms with Crippen LogP contribution in [0, 0.1) is 0 Å². The minimum absolute atomic E-state index is 0.688. The van der Waals surface area contributed by atoms with Crippen LogP contribution in [0.5, 0.6) is 0 Å². The van der Waals surface area contributed by atoms with Crippen molar-refractivity contribution in [1.82, 2.24) is 19.1 Å². The SMILES string of the molecule is c1ccc(-n2c3ccccc3c3cc(-c4nc(-n5c6ccccc6c6c7sc8ccccc8c7ccc65)nc5sc6ccccc6c45)ccc32)cc1. The third kappa shape index (κ3) is 3.85. The molecule has 7 aromatic carbocycles. The number of fused-ring (bicyclic) bond motifs is 13. The van der Waals surface area contributed by atoms with Crippen LogP contribution in [0.2, 0.25) is 0 Å². The van der Waals surface area contributed by atoms with Crippen LogP contribution in [0.1, 0.15) is 0 Å². The van der Waals surface area contributed by atoms with Gasteiger partial charge in [0.15, 0.2) is 0 Å². The highest BCUT2D eigenvalue weighted by Gasteiger charge is 2.23. The van der Waals surface area contributed by atoms with Gasteiger partial charge in [-0.3, -0.25) is 4.57 Å². The molecule has 52 heavy (non-hydrogen) atoms. The van der Waals surface area contributed by atoms with E-state index >= 15 is 0 Å². The van der Waals surface area contributed by atoms with E-state index in [4.69, 9.17) is 9.97 Å². The summed E-state index contributed by atoms with van der Waals surface area (Å²) < 4.78 is 8.46. The van der Waals surface area contributed by atoms with E-state index in [1.54, 1.807) is 11.3 Å². The predicted molar refractivity (Wildman–Crippen MR) is 222 cm³/mol. The van der Waals surface area contributed by atoms with Gasteiger partial charge in [-0.05, 0) is 54.6 Å². The first-order chi connectivity index (χ1) is 25.8. The first-order valence-electron chi connectivity index (χ1n) is 17.4. The number of thiophene rings is 2. The number of hydrogen-bond acceptors (Lipinski definition) is 4. The molecule has 5 aromatic heterocycles. The summed E-state index contributed by atoms with van der Waals surface area (Å²) in [7, 11) is 0. The number of nitrogens with zero attached hydrogens (tertiary/aromatic N) is 4. The summed E-state index contributed by atoms with van der Waals surface area (Å²) in [4.78, 5) is 11.9. The predicted octanol–water partition coefficient (Wildman–Crippen LogP) is 13.1. The van der Waals surface area contributed by atoms with Crippen LogP contribution in [0.25, 0.3) is 107 Å². The Morgan fingerprint density at radius 2 is 1.04 bits per heavy atom. The number of benzene rings is 7. The molecular formula is C46H26N4S2. The fraction of sp³-hybridized carbons (Fsp3) is 0. The number of aromatic nitrogens is 4. The second-order valence-corrected chi connectivity index (χ2v) is 15.4. The van der Waals surface area contributed by atoms with Gasteiger partial charge in [0.2, 0.25) is 5.95 Å². The lowest BCUT2D eigenvalue weighted by Gasteiger charge is -2.11. The zero-order valence-electron chi connectivity index (χ0n) is 27.6. The van der Waals surface area contributed by atoms with Gasteiger partial charge < -0.3 is 4.57 Å². The van der Waals surface area contributed by atoms with E-state index < -0.39 is 0 Å². The molecule has 242 valence electrons. The summed E-state index contributed by atoms with van der Waals surface area (Å²) in [5.41, 5.74) is 7.76. The first kappa shape index (κ1) is 28.4. The van der Waals surface area contributed by atoms with Crippen LogP contribution in [0.3, 0.4) is 0 Å². The fourth-order valence-electron chi connectivity index (χ4n) is 8.35. The molecule has 0 aliphatic rings. The minimum atomic E-state index is 0.688. The molecule has 0 aliphatic heterocycles. The molecule has 0 bridgehead atoms. The second-order valence-electron chi connectivity index (χ2n) is 13.4. The third-order valence-electron chi connectivity index (χ3n) is 10.6. The Morgan fingerprint density at radius 1 is 0.404 bits per heavy atom. The van der Waals surface area contributed by atoms with Crippen molar-refractivity contribution in [2.45, 2.75) is 0 Å². The van der Waals surface area contributed by atoms with Crippen molar-refractivity contribution in [2.24, 2.45) is 0 Å². The molecule has 0 atom stereocenters. The summed E-state index contributed by atoms with van der Waals surface area (Å²) in [6, 6.07) is 56.8. The average Bonchev–Trinajstić information content (AvgIpc) is 3.95. The molecule has 0 saturated heterocycles. The molecule has 0 fully saturated rings. The smallest absolute Gasteiger partial charge is 0.236 e. The lowest BCUT2D eigenvalue weighted by molar-refractivity contribution is 1.02. The molecule has 12 aromatic rings. The van der Waals surface area contributed by atoms with Crippen LogP contribution < -0.4 is 0 Å². The van der Waals surface area contributed by atoms with Crippen molar-refractivity contribution >= 4 is 107 Å². The summed E-state index contributed by atoms with van der Waals surface area (Å²) >= 11 is 3.61. The van der Waals surface area contributed by atoms with E-state index in [9.17, 15) is 0 Å². The molecule has 6 heteroatoms. The van der Waals surface area contributed by atoms with Crippen LogP contribution in [-0.4, -0.2) is 19.1 Å². The van der Waals surface area contributed by atoms with Crippen molar-refractivity contribution in [1.29, 1.82) is 0 Å². The quantitative estimate of drug-likeness (QED) is 0.184. The first-order valence-corrected chi connectivity index (χ1v) is 19.1.